The molecule has 0 spiro atoms. The average molecular weight is 247 g/mol. The van der Waals surface area contributed by atoms with Gasteiger partial charge in [-0.1, -0.05) is 6.92 Å². The van der Waals surface area contributed by atoms with E-state index in [9.17, 15) is 4.79 Å². The van der Waals surface area contributed by atoms with Crippen LogP contribution >= 0.6 is 0 Å². The van der Waals surface area contributed by atoms with Crippen molar-refractivity contribution in [1.82, 2.24) is 9.88 Å². The summed E-state index contributed by atoms with van der Waals surface area (Å²) in [7, 11) is 1.81. The Kier molecular flexibility index (Phi) is 3.84. The zero-order valence-electron chi connectivity index (χ0n) is 11.3. The van der Waals surface area contributed by atoms with Gasteiger partial charge in [0, 0.05) is 31.4 Å². The molecule has 1 aliphatic heterocycles. The van der Waals surface area contributed by atoms with Crippen molar-refractivity contribution in [1.29, 1.82) is 0 Å². The van der Waals surface area contributed by atoms with Crippen LogP contribution in [0.15, 0.2) is 18.3 Å². The van der Waals surface area contributed by atoms with E-state index < -0.39 is 0 Å². The Labute approximate surface area is 108 Å². The molecule has 1 aliphatic rings. The molecule has 1 saturated heterocycles. The van der Waals surface area contributed by atoms with Crippen LogP contribution in [-0.4, -0.2) is 35.4 Å². The summed E-state index contributed by atoms with van der Waals surface area (Å²) in [5.74, 6) is 1.45. The molecular weight excluding hydrogens is 226 g/mol. The second-order valence-electron chi connectivity index (χ2n) is 5.17. The van der Waals surface area contributed by atoms with Crippen molar-refractivity contribution >= 4 is 11.7 Å². The molecule has 98 valence electrons. The number of aromatic nitrogens is 1. The topological polar surface area (TPSA) is 45.2 Å². The number of hydrogen-bond acceptors (Lipinski definition) is 3. The third-order valence-corrected chi connectivity index (χ3v) is 3.64. The van der Waals surface area contributed by atoms with Crippen LogP contribution in [0.4, 0.5) is 5.82 Å². The van der Waals surface area contributed by atoms with E-state index in [1.165, 1.54) is 6.42 Å². The molecule has 1 fully saturated rings. The molecule has 0 radical (unpaired) electrons. The maximum atomic E-state index is 12.5. The van der Waals surface area contributed by atoms with Crippen LogP contribution in [0.3, 0.4) is 0 Å². The van der Waals surface area contributed by atoms with Crippen molar-refractivity contribution < 1.29 is 4.79 Å². The van der Waals surface area contributed by atoms with E-state index in [0.29, 0.717) is 12.0 Å². The van der Waals surface area contributed by atoms with Gasteiger partial charge in [0.05, 0.1) is 0 Å². The number of piperidine rings is 1. The number of pyridine rings is 1. The Morgan fingerprint density at radius 2 is 2.22 bits per heavy atom. The maximum Gasteiger partial charge on any atom is 0.254 e. The molecule has 1 aromatic heterocycles. The summed E-state index contributed by atoms with van der Waals surface area (Å²) in [6.07, 6.45) is 3.98. The summed E-state index contributed by atoms with van der Waals surface area (Å²) in [5.41, 5.74) is 0.718. The molecule has 0 saturated carbocycles. The molecule has 2 rings (SSSR count). The molecule has 2 atom stereocenters. The van der Waals surface area contributed by atoms with Crippen LogP contribution in [0.1, 0.15) is 37.0 Å². The van der Waals surface area contributed by atoms with Crippen molar-refractivity contribution in [2.45, 2.75) is 32.7 Å². The minimum Gasteiger partial charge on any atom is -0.373 e. The highest BCUT2D eigenvalue weighted by Gasteiger charge is 2.27. The fourth-order valence-electron chi connectivity index (χ4n) is 2.44. The van der Waals surface area contributed by atoms with E-state index in [2.05, 4.69) is 24.1 Å². The molecule has 18 heavy (non-hydrogen) atoms. The van der Waals surface area contributed by atoms with Gasteiger partial charge in [-0.2, -0.15) is 0 Å². The smallest absolute Gasteiger partial charge is 0.254 e. The number of nitrogens with zero attached hydrogens (tertiary/aromatic N) is 2. The number of carbonyl (C=O) groups is 1. The van der Waals surface area contributed by atoms with Crippen LogP contribution in [-0.2, 0) is 0 Å². The fraction of sp³-hybridized carbons (Fsp3) is 0.571. The van der Waals surface area contributed by atoms with Gasteiger partial charge in [-0.3, -0.25) is 4.79 Å². The lowest BCUT2D eigenvalue weighted by atomic mass is 9.94. The molecule has 2 heterocycles. The van der Waals surface area contributed by atoms with E-state index in [1.807, 2.05) is 18.0 Å². The Hall–Kier alpha value is -1.58. The van der Waals surface area contributed by atoms with Gasteiger partial charge in [-0.25, -0.2) is 4.98 Å². The molecular formula is C14H21N3O. The number of amides is 1. The van der Waals surface area contributed by atoms with E-state index in [4.69, 9.17) is 0 Å². The van der Waals surface area contributed by atoms with Crippen LogP contribution in [0, 0.1) is 5.92 Å². The maximum absolute atomic E-state index is 12.5. The first kappa shape index (κ1) is 12.9. The lowest BCUT2D eigenvalue weighted by Gasteiger charge is -2.36. The summed E-state index contributed by atoms with van der Waals surface area (Å²) in [5, 5.41) is 2.96. The van der Waals surface area contributed by atoms with E-state index in [-0.39, 0.29) is 5.91 Å². The Balaban J connectivity index is 2.18. The van der Waals surface area contributed by atoms with Gasteiger partial charge in [-0.15, -0.1) is 0 Å². The Bertz CT molecular complexity index is 433. The van der Waals surface area contributed by atoms with Gasteiger partial charge in [-0.05, 0) is 37.8 Å². The number of carbonyl (C=O) groups excluding carboxylic acids is 1. The summed E-state index contributed by atoms with van der Waals surface area (Å²) >= 11 is 0. The number of hydrogen-bond donors (Lipinski definition) is 1. The predicted molar refractivity (Wildman–Crippen MR) is 72.7 cm³/mol. The van der Waals surface area contributed by atoms with Crippen molar-refractivity contribution in [3.8, 4) is 0 Å². The lowest BCUT2D eigenvalue weighted by Crippen LogP contribution is -2.44. The van der Waals surface area contributed by atoms with Crippen molar-refractivity contribution in [3.63, 3.8) is 0 Å². The first-order valence-electron chi connectivity index (χ1n) is 6.56. The van der Waals surface area contributed by atoms with Crippen molar-refractivity contribution in [2.24, 2.45) is 5.92 Å². The van der Waals surface area contributed by atoms with E-state index >= 15 is 0 Å². The van der Waals surface area contributed by atoms with E-state index in [1.54, 1.807) is 12.3 Å². The fourth-order valence-corrected chi connectivity index (χ4v) is 2.44. The number of rotatable bonds is 2. The van der Waals surface area contributed by atoms with Gasteiger partial charge >= 0.3 is 0 Å². The summed E-state index contributed by atoms with van der Waals surface area (Å²) in [6.45, 7) is 5.19. The number of anilines is 1. The minimum absolute atomic E-state index is 0.118. The average Bonchev–Trinajstić information content (AvgIpc) is 2.41. The molecule has 4 heteroatoms. The first-order valence-corrected chi connectivity index (χ1v) is 6.56. The van der Waals surface area contributed by atoms with Gasteiger partial charge in [0.2, 0.25) is 0 Å². The van der Waals surface area contributed by atoms with Gasteiger partial charge in [0.1, 0.15) is 5.82 Å². The van der Waals surface area contributed by atoms with Crippen molar-refractivity contribution in [2.75, 3.05) is 18.9 Å². The third-order valence-electron chi connectivity index (χ3n) is 3.64. The van der Waals surface area contributed by atoms with Crippen molar-refractivity contribution in [3.05, 3.63) is 23.9 Å². The molecule has 0 bridgehead atoms. The van der Waals surface area contributed by atoms with Crippen LogP contribution < -0.4 is 5.32 Å². The molecule has 2 unspecified atom stereocenters. The molecule has 0 aromatic carbocycles. The monoisotopic (exact) mass is 247 g/mol. The molecule has 1 amide bonds. The quantitative estimate of drug-likeness (QED) is 0.872. The Morgan fingerprint density at radius 1 is 1.44 bits per heavy atom. The summed E-state index contributed by atoms with van der Waals surface area (Å²) < 4.78 is 0. The SMILES string of the molecule is CNc1cc(C(=O)N2CC(C)CCC2C)ccn1. The second kappa shape index (κ2) is 5.38. The van der Waals surface area contributed by atoms with Crippen LogP contribution in [0.2, 0.25) is 0 Å². The zero-order chi connectivity index (χ0) is 13.1. The highest BCUT2D eigenvalue weighted by Crippen LogP contribution is 2.23. The normalized spacial score (nSPS) is 23.8. The molecule has 1 aromatic rings. The second-order valence-corrected chi connectivity index (χ2v) is 5.17. The van der Waals surface area contributed by atoms with Gasteiger partial charge < -0.3 is 10.2 Å². The molecule has 1 N–H and O–H groups in total. The first-order chi connectivity index (χ1) is 8.61. The standard InChI is InChI=1S/C14H21N3O/c1-10-4-5-11(2)17(9-10)14(18)12-6-7-16-13(8-12)15-3/h6-8,10-11H,4-5,9H2,1-3H3,(H,15,16). The third kappa shape index (κ3) is 2.63. The van der Waals surface area contributed by atoms with Crippen LogP contribution in [0.5, 0.6) is 0 Å². The number of nitrogens with one attached hydrogen (secondary N) is 1. The van der Waals surface area contributed by atoms with Crippen LogP contribution in [0.25, 0.3) is 0 Å². The van der Waals surface area contributed by atoms with Gasteiger partial charge in [0.15, 0.2) is 0 Å². The summed E-state index contributed by atoms with van der Waals surface area (Å²) in [6, 6.07) is 3.93. The molecule has 4 nitrogen and oxygen atoms in total. The summed E-state index contributed by atoms with van der Waals surface area (Å²) in [4.78, 5) is 18.6. The highest BCUT2D eigenvalue weighted by molar-refractivity contribution is 5.95. The lowest BCUT2D eigenvalue weighted by molar-refractivity contribution is 0.0574. The largest absolute Gasteiger partial charge is 0.373 e. The predicted octanol–water partition coefficient (Wildman–Crippen LogP) is 2.38. The Morgan fingerprint density at radius 3 is 2.94 bits per heavy atom. The van der Waals surface area contributed by atoms with Gasteiger partial charge in [0.25, 0.3) is 5.91 Å². The molecule has 0 aliphatic carbocycles. The highest BCUT2D eigenvalue weighted by atomic mass is 16.2. The van der Waals surface area contributed by atoms with E-state index in [0.717, 1.165) is 24.3 Å². The zero-order valence-corrected chi connectivity index (χ0v) is 11.3. The minimum atomic E-state index is 0.118. The number of likely N-dealkylation sites (tertiary alicyclic amines) is 1.